The van der Waals surface area contributed by atoms with Crippen molar-refractivity contribution in [1.82, 2.24) is 4.98 Å². The fourth-order valence-electron chi connectivity index (χ4n) is 2.02. The van der Waals surface area contributed by atoms with Crippen molar-refractivity contribution in [2.45, 2.75) is 6.92 Å². The lowest BCUT2D eigenvalue weighted by atomic mass is 10.1. The lowest BCUT2D eigenvalue weighted by molar-refractivity contribution is 1.33. The lowest BCUT2D eigenvalue weighted by Gasteiger charge is -2.00. The number of fused-ring (bicyclic) bond motifs is 1. The fourth-order valence-corrected chi connectivity index (χ4v) is 2.02. The largest absolute Gasteiger partial charge is 0.239 e. The van der Waals surface area contributed by atoms with E-state index in [1.54, 1.807) is 0 Å². The molecular formula is C18H13N. The first kappa shape index (κ1) is 11.5. The van der Waals surface area contributed by atoms with Crippen LogP contribution in [0.3, 0.4) is 0 Å². The third-order valence-electron chi connectivity index (χ3n) is 3.03. The molecule has 3 rings (SSSR count). The van der Waals surface area contributed by atoms with E-state index < -0.39 is 0 Å². The molecule has 0 fully saturated rings. The van der Waals surface area contributed by atoms with E-state index in [1.807, 2.05) is 36.4 Å². The molecule has 0 radical (unpaired) electrons. The molecule has 1 aromatic heterocycles. The van der Waals surface area contributed by atoms with Gasteiger partial charge in [0.2, 0.25) is 0 Å². The van der Waals surface area contributed by atoms with Gasteiger partial charge in [-0.1, -0.05) is 42.3 Å². The van der Waals surface area contributed by atoms with Gasteiger partial charge in [0.25, 0.3) is 0 Å². The molecule has 1 heterocycles. The van der Waals surface area contributed by atoms with E-state index in [-0.39, 0.29) is 0 Å². The van der Waals surface area contributed by atoms with Crippen molar-refractivity contribution in [3.63, 3.8) is 0 Å². The Balaban J connectivity index is 2.03. The average Bonchev–Trinajstić information content (AvgIpc) is 2.47. The van der Waals surface area contributed by atoms with E-state index in [0.717, 1.165) is 22.2 Å². The summed E-state index contributed by atoms with van der Waals surface area (Å²) in [7, 11) is 0. The molecule has 19 heavy (non-hydrogen) atoms. The Kier molecular flexibility index (Phi) is 3.00. The van der Waals surface area contributed by atoms with Crippen molar-refractivity contribution in [3.05, 3.63) is 77.5 Å². The number of hydrogen-bond donors (Lipinski definition) is 0. The summed E-state index contributed by atoms with van der Waals surface area (Å²) in [4.78, 5) is 4.62. The number of aryl methyl sites for hydroxylation is 1. The zero-order valence-corrected chi connectivity index (χ0v) is 10.7. The van der Waals surface area contributed by atoms with Crippen molar-refractivity contribution in [2.24, 2.45) is 0 Å². The van der Waals surface area contributed by atoms with Crippen LogP contribution in [0.5, 0.6) is 0 Å². The fraction of sp³-hybridized carbons (Fsp3) is 0.0556. The van der Waals surface area contributed by atoms with Crippen LogP contribution in [0, 0.1) is 18.8 Å². The molecule has 3 aromatic rings. The molecule has 0 aliphatic carbocycles. The van der Waals surface area contributed by atoms with E-state index in [1.165, 1.54) is 5.56 Å². The number of nitrogens with zero attached hydrogens (tertiary/aromatic N) is 1. The molecular weight excluding hydrogens is 230 g/mol. The minimum atomic E-state index is 0.811. The van der Waals surface area contributed by atoms with Crippen molar-refractivity contribution >= 4 is 10.9 Å². The number of rotatable bonds is 0. The molecule has 1 nitrogen and oxygen atoms in total. The van der Waals surface area contributed by atoms with Crippen LogP contribution in [0.1, 0.15) is 16.8 Å². The van der Waals surface area contributed by atoms with E-state index in [2.05, 4.69) is 48.0 Å². The van der Waals surface area contributed by atoms with Crippen molar-refractivity contribution in [1.29, 1.82) is 0 Å². The van der Waals surface area contributed by atoms with Crippen LogP contribution < -0.4 is 0 Å². The summed E-state index contributed by atoms with van der Waals surface area (Å²) < 4.78 is 0. The van der Waals surface area contributed by atoms with Gasteiger partial charge < -0.3 is 0 Å². The maximum Gasteiger partial charge on any atom is 0.114 e. The highest BCUT2D eigenvalue weighted by atomic mass is 14.7. The summed E-state index contributed by atoms with van der Waals surface area (Å²) in [6, 6.07) is 20.2. The van der Waals surface area contributed by atoms with Crippen molar-refractivity contribution in [2.75, 3.05) is 0 Å². The highest BCUT2D eigenvalue weighted by molar-refractivity contribution is 5.82. The van der Waals surface area contributed by atoms with Crippen LogP contribution in [0.2, 0.25) is 0 Å². The molecule has 0 atom stereocenters. The Hall–Kier alpha value is -2.59. The first-order valence-corrected chi connectivity index (χ1v) is 6.26. The maximum absolute atomic E-state index is 4.62. The van der Waals surface area contributed by atoms with Gasteiger partial charge in [0, 0.05) is 10.9 Å². The molecule has 2 aromatic carbocycles. The minimum Gasteiger partial charge on any atom is -0.239 e. The molecule has 0 bridgehead atoms. The van der Waals surface area contributed by atoms with Gasteiger partial charge in [0.15, 0.2) is 0 Å². The van der Waals surface area contributed by atoms with Gasteiger partial charge >= 0.3 is 0 Å². The van der Waals surface area contributed by atoms with E-state index in [0.29, 0.717) is 0 Å². The van der Waals surface area contributed by atoms with Crippen LogP contribution in [0.15, 0.2) is 60.7 Å². The lowest BCUT2D eigenvalue weighted by Crippen LogP contribution is -1.87. The van der Waals surface area contributed by atoms with Gasteiger partial charge in [-0.15, -0.1) is 0 Å². The van der Waals surface area contributed by atoms with Gasteiger partial charge in [-0.25, -0.2) is 4.98 Å². The Labute approximate surface area is 112 Å². The molecule has 90 valence electrons. The first-order valence-electron chi connectivity index (χ1n) is 6.26. The Morgan fingerprint density at radius 3 is 2.47 bits per heavy atom. The van der Waals surface area contributed by atoms with Crippen LogP contribution in [0.4, 0.5) is 0 Å². The van der Waals surface area contributed by atoms with E-state index in [4.69, 9.17) is 0 Å². The average molecular weight is 243 g/mol. The van der Waals surface area contributed by atoms with Gasteiger partial charge in [0.05, 0.1) is 5.52 Å². The SMILES string of the molecule is Cc1cccc2ccc(C#Cc3ccccc3)nc12. The van der Waals surface area contributed by atoms with Crippen LogP contribution in [-0.4, -0.2) is 4.98 Å². The normalized spacial score (nSPS) is 9.95. The number of pyridine rings is 1. The van der Waals surface area contributed by atoms with E-state index in [9.17, 15) is 0 Å². The molecule has 0 N–H and O–H groups in total. The predicted octanol–water partition coefficient (Wildman–Crippen LogP) is 3.94. The number of aromatic nitrogens is 1. The monoisotopic (exact) mass is 243 g/mol. The summed E-state index contributed by atoms with van der Waals surface area (Å²) in [5, 5.41) is 1.16. The van der Waals surface area contributed by atoms with Gasteiger partial charge in [-0.05, 0) is 42.7 Å². The minimum absolute atomic E-state index is 0.811. The molecule has 0 saturated heterocycles. The van der Waals surface area contributed by atoms with Gasteiger partial charge in [-0.3, -0.25) is 0 Å². The third kappa shape index (κ3) is 2.48. The highest BCUT2D eigenvalue weighted by Gasteiger charge is 1.98. The zero-order valence-electron chi connectivity index (χ0n) is 10.7. The molecule has 0 amide bonds. The second-order valence-electron chi connectivity index (χ2n) is 4.46. The summed E-state index contributed by atoms with van der Waals surface area (Å²) in [6.07, 6.45) is 0. The Bertz CT molecular complexity index is 777. The molecule has 0 unspecified atom stereocenters. The molecule has 0 saturated carbocycles. The van der Waals surface area contributed by atoms with Crippen molar-refractivity contribution in [3.8, 4) is 11.8 Å². The van der Waals surface area contributed by atoms with Gasteiger partial charge in [-0.2, -0.15) is 0 Å². The van der Waals surface area contributed by atoms with Crippen LogP contribution >= 0.6 is 0 Å². The first-order chi connectivity index (χ1) is 9.33. The molecule has 0 aliphatic rings. The molecule has 1 heteroatoms. The van der Waals surface area contributed by atoms with Gasteiger partial charge in [0.1, 0.15) is 5.69 Å². The summed E-state index contributed by atoms with van der Waals surface area (Å²) >= 11 is 0. The number of benzene rings is 2. The quantitative estimate of drug-likeness (QED) is 0.545. The summed E-state index contributed by atoms with van der Waals surface area (Å²) in [5.41, 5.74) is 4.03. The number of hydrogen-bond acceptors (Lipinski definition) is 1. The smallest absolute Gasteiger partial charge is 0.114 e. The number of para-hydroxylation sites is 1. The zero-order chi connectivity index (χ0) is 13.1. The van der Waals surface area contributed by atoms with E-state index >= 15 is 0 Å². The highest BCUT2D eigenvalue weighted by Crippen LogP contribution is 2.16. The Morgan fingerprint density at radius 1 is 0.789 bits per heavy atom. The second kappa shape index (κ2) is 4.96. The topological polar surface area (TPSA) is 12.9 Å². The summed E-state index contributed by atoms with van der Waals surface area (Å²) in [5.74, 6) is 6.25. The van der Waals surface area contributed by atoms with Crippen molar-refractivity contribution < 1.29 is 0 Å². The third-order valence-corrected chi connectivity index (χ3v) is 3.03. The predicted molar refractivity (Wildman–Crippen MR) is 78.9 cm³/mol. The van der Waals surface area contributed by atoms with Crippen LogP contribution in [-0.2, 0) is 0 Å². The standard InChI is InChI=1S/C18H13N/c1-14-6-5-9-16-11-13-17(19-18(14)16)12-10-15-7-3-2-4-8-15/h2-9,11,13H,1H3. The summed E-state index contributed by atoms with van der Waals surface area (Å²) in [6.45, 7) is 2.07. The second-order valence-corrected chi connectivity index (χ2v) is 4.46. The maximum atomic E-state index is 4.62. The Morgan fingerprint density at radius 2 is 1.63 bits per heavy atom. The molecule has 0 aliphatic heterocycles. The van der Waals surface area contributed by atoms with Crippen LogP contribution in [0.25, 0.3) is 10.9 Å². The molecule has 0 spiro atoms.